The van der Waals surface area contributed by atoms with Gasteiger partial charge in [0, 0.05) is 12.4 Å². The molecule has 0 saturated heterocycles. The summed E-state index contributed by atoms with van der Waals surface area (Å²) in [5.74, 6) is 0.978. The van der Waals surface area contributed by atoms with E-state index in [1.807, 2.05) is 24.5 Å². The average Bonchev–Trinajstić information content (AvgIpc) is 2.79. The van der Waals surface area contributed by atoms with Crippen LogP contribution in [0.25, 0.3) is 0 Å². The highest BCUT2D eigenvalue weighted by atomic mass is 16.3. The molecule has 0 aliphatic heterocycles. The maximum atomic E-state index is 5.24. The van der Waals surface area contributed by atoms with Gasteiger partial charge in [-0.3, -0.25) is 4.98 Å². The first-order chi connectivity index (χ1) is 7.86. The smallest absolute Gasteiger partial charge is 0.117 e. The van der Waals surface area contributed by atoms with Crippen LogP contribution in [0.4, 0.5) is 0 Å². The summed E-state index contributed by atoms with van der Waals surface area (Å²) < 4.78 is 5.24. The summed E-state index contributed by atoms with van der Waals surface area (Å²) in [5, 5.41) is 3.35. The Kier molecular flexibility index (Phi) is 3.72. The van der Waals surface area contributed by atoms with Crippen LogP contribution >= 0.6 is 0 Å². The van der Waals surface area contributed by atoms with Crippen LogP contribution in [0.15, 0.2) is 41.3 Å². The second-order valence-electron chi connectivity index (χ2n) is 3.81. The molecule has 3 heteroatoms. The van der Waals surface area contributed by atoms with E-state index in [9.17, 15) is 0 Å². The molecule has 3 nitrogen and oxygen atoms in total. The lowest BCUT2D eigenvalue weighted by molar-refractivity contribution is 0.484. The maximum absolute atomic E-state index is 5.24. The highest BCUT2D eigenvalue weighted by Crippen LogP contribution is 2.05. The van der Waals surface area contributed by atoms with E-state index < -0.39 is 0 Å². The molecule has 0 aliphatic rings. The van der Waals surface area contributed by atoms with Crippen molar-refractivity contribution in [2.45, 2.75) is 19.9 Å². The van der Waals surface area contributed by atoms with Crippen molar-refractivity contribution >= 4 is 0 Å². The average molecular weight is 216 g/mol. The molecule has 84 valence electrons. The van der Waals surface area contributed by atoms with Crippen molar-refractivity contribution in [1.82, 2.24) is 10.3 Å². The van der Waals surface area contributed by atoms with Gasteiger partial charge in [-0.1, -0.05) is 0 Å². The molecule has 0 aromatic carbocycles. The third-order valence-electron chi connectivity index (χ3n) is 2.59. The Morgan fingerprint density at radius 3 is 3.06 bits per heavy atom. The van der Waals surface area contributed by atoms with E-state index in [1.54, 1.807) is 6.26 Å². The normalized spacial score (nSPS) is 10.6. The summed E-state index contributed by atoms with van der Waals surface area (Å²) >= 11 is 0. The van der Waals surface area contributed by atoms with Crippen LogP contribution in [0.1, 0.15) is 16.9 Å². The van der Waals surface area contributed by atoms with Crippen molar-refractivity contribution in [3.63, 3.8) is 0 Å². The number of pyridine rings is 1. The fourth-order valence-corrected chi connectivity index (χ4v) is 1.63. The molecule has 0 amide bonds. The monoisotopic (exact) mass is 216 g/mol. The summed E-state index contributed by atoms with van der Waals surface area (Å²) in [7, 11) is 0. The zero-order valence-corrected chi connectivity index (χ0v) is 9.44. The van der Waals surface area contributed by atoms with Crippen LogP contribution in [0.5, 0.6) is 0 Å². The molecule has 0 atom stereocenters. The number of aryl methyl sites for hydroxylation is 1. The molecule has 16 heavy (non-hydrogen) atoms. The van der Waals surface area contributed by atoms with Crippen LogP contribution in [0.2, 0.25) is 0 Å². The molecule has 0 unspecified atom stereocenters. The van der Waals surface area contributed by atoms with E-state index in [0.717, 1.165) is 25.3 Å². The van der Waals surface area contributed by atoms with Crippen LogP contribution in [-0.4, -0.2) is 11.5 Å². The molecule has 0 aliphatic carbocycles. The minimum Gasteiger partial charge on any atom is -0.468 e. The van der Waals surface area contributed by atoms with Crippen LogP contribution in [0.3, 0.4) is 0 Å². The molecule has 2 aromatic rings. The van der Waals surface area contributed by atoms with Gasteiger partial charge in [0.15, 0.2) is 0 Å². The summed E-state index contributed by atoms with van der Waals surface area (Å²) in [5.41, 5.74) is 2.60. The molecule has 0 spiro atoms. The number of hydrogen-bond acceptors (Lipinski definition) is 3. The Balaban J connectivity index is 1.74. The molecular weight excluding hydrogens is 200 g/mol. The number of rotatable bonds is 5. The first-order valence-electron chi connectivity index (χ1n) is 5.49. The van der Waals surface area contributed by atoms with Crippen molar-refractivity contribution in [2.75, 3.05) is 6.54 Å². The minimum absolute atomic E-state index is 0.789. The molecule has 0 bridgehead atoms. The van der Waals surface area contributed by atoms with E-state index in [-0.39, 0.29) is 0 Å². The molecule has 0 radical (unpaired) electrons. The topological polar surface area (TPSA) is 38.1 Å². The highest BCUT2D eigenvalue weighted by Gasteiger charge is 1.98. The van der Waals surface area contributed by atoms with Gasteiger partial charge in [0.2, 0.25) is 0 Å². The van der Waals surface area contributed by atoms with E-state index in [0.29, 0.717) is 0 Å². The van der Waals surface area contributed by atoms with Gasteiger partial charge in [0.05, 0.1) is 12.8 Å². The molecule has 0 fully saturated rings. The summed E-state index contributed by atoms with van der Waals surface area (Å²) in [6, 6.07) is 5.96. The number of hydrogen-bond donors (Lipinski definition) is 1. The van der Waals surface area contributed by atoms with E-state index in [4.69, 9.17) is 4.42 Å². The third kappa shape index (κ3) is 2.94. The number of nitrogens with zero attached hydrogens (tertiary/aromatic N) is 1. The molecular formula is C13H16N2O. The van der Waals surface area contributed by atoms with Gasteiger partial charge in [-0.2, -0.15) is 0 Å². The Morgan fingerprint density at radius 1 is 1.38 bits per heavy atom. The van der Waals surface area contributed by atoms with Gasteiger partial charge in [-0.05, 0) is 49.2 Å². The van der Waals surface area contributed by atoms with E-state index in [2.05, 4.69) is 23.3 Å². The molecule has 2 rings (SSSR count). The lowest BCUT2D eigenvalue weighted by Crippen LogP contribution is -2.16. The Labute approximate surface area is 95.5 Å². The quantitative estimate of drug-likeness (QED) is 0.779. The predicted octanol–water partition coefficient (Wildman–Crippen LogP) is 2.32. The second kappa shape index (κ2) is 5.47. The number of furan rings is 1. The second-order valence-corrected chi connectivity index (χ2v) is 3.81. The first kappa shape index (κ1) is 10.9. The zero-order valence-electron chi connectivity index (χ0n) is 9.44. The van der Waals surface area contributed by atoms with Crippen molar-refractivity contribution in [1.29, 1.82) is 0 Å². The molecule has 2 aromatic heterocycles. The van der Waals surface area contributed by atoms with E-state index in [1.165, 1.54) is 11.1 Å². The van der Waals surface area contributed by atoms with Crippen LogP contribution < -0.4 is 5.32 Å². The summed E-state index contributed by atoms with van der Waals surface area (Å²) in [6.45, 7) is 3.83. The van der Waals surface area contributed by atoms with Crippen molar-refractivity contribution in [3.8, 4) is 0 Å². The Morgan fingerprint density at radius 2 is 2.31 bits per heavy atom. The highest BCUT2D eigenvalue weighted by molar-refractivity contribution is 5.21. The van der Waals surface area contributed by atoms with Crippen molar-refractivity contribution in [3.05, 3.63) is 53.7 Å². The maximum Gasteiger partial charge on any atom is 0.117 e. The standard InChI is InChI=1S/C13H16N2O/c1-11-9-14-6-4-12(11)5-7-15-10-13-3-2-8-16-13/h2-4,6,8-9,15H,5,7,10H2,1H3. The Bertz CT molecular complexity index is 423. The largest absolute Gasteiger partial charge is 0.468 e. The fraction of sp³-hybridized carbons (Fsp3) is 0.308. The van der Waals surface area contributed by atoms with Gasteiger partial charge in [0.25, 0.3) is 0 Å². The van der Waals surface area contributed by atoms with Crippen LogP contribution in [-0.2, 0) is 13.0 Å². The van der Waals surface area contributed by atoms with Gasteiger partial charge >= 0.3 is 0 Å². The fourth-order valence-electron chi connectivity index (χ4n) is 1.63. The van der Waals surface area contributed by atoms with Crippen molar-refractivity contribution in [2.24, 2.45) is 0 Å². The molecule has 1 N–H and O–H groups in total. The molecule has 2 heterocycles. The van der Waals surface area contributed by atoms with E-state index >= 15 is 0 Å². The summed E-state index contributed by atoms with van der Waals surface area (Å²) in [6.07, 6.45) is 6.47. The van der Waals surface area contributed by atoms with Gasteiger partial charge in [0.1, 0.15) is 5.76 Å². The van der Waals surface area contributed by atoms with Crippen molar-refractivity contribution < 1.29 is 4.42 Å². The van der Waals surface area contributed by atoms with Gasteiger partial charge < -0.3 is 9.73 Å². The first-order valence-corrected chi connectivity index (χ1v) is 5.49. The zero-order chi connectivity index (χ0) is 11.2. The lowest BCUT2D eigenvalue weighted by atomic mass is 10.1. The van der Waals surface area contributed by atoms with Gasteiger partial charge in [-0.25, -0.2) is 0 Å². The lowest BCUT2D eigenvalue weighted by Gasteiger charge is -2.05. The number of nitrogens with one attached hydrogen (secondary N) is 1. The molecule has 0 saturated carbocycles. The third-order valence-corrected chi connectivity index (χ3v) is 2.59. The van der Waals surface area contributed by atoms with Gasteiger partial charge in [-0.15, -0.1) is 0 Å². The van der Waals surface area contributed by atoms with Crippen LogP contribution in [0, 0.1) is 6.92 Å². The number of aromatic nitrogens is 1. The predicted molar refractivity (Wildman–Crippen MR) is 63.1 cm³/mol. The Hall–Kier alpha value is -1.61. The SMILES string of the molecule is Cc1cnccc1CCNCc1ccco1. The summed E-state index contributed by atoms with van der Waals surface area (Å²) in [4.78, 5) is 4.08. The minimum atomic E-state index is 0.789.